The van der Waals surface area contributed by atoms with Gasteiger partial charge in [0.15, 0.2) is 0 Å². The van der Waals surface area contributed by atoms with E-state index in [1.807, 2.05) is 0 Å². The quantitative estimate of drug-likeness (QED) is 0.859. The summed E-state index contributed by atoms with van der Waals surface area (Å²) in [5.74, 6) is 0. The lowest BCUT2D eigenvalue weighted by Crippen LogP contribution is -2.18. The molecule has 0 amide bonds. The first-order valence-electron chi connectivity index (χ1n) is 5.67. The Kier molecular flexibility index (Phi) is 4.38. The summed E-state index contributed by atoms with van der Waals surface area (Å²) in [4.78, 5) is 4.20. The Hall–Kier alpha value is -1.18. The van der Waals surface area contributed by atoms with Crippen molar-refractivity contribution in [2.24, 2.45) is 0 Å². The van der Waals surface area contributed by atoms with Crippen molar-refractivity contribution in [1.82, 2.24) is 10.3 Å². The molecule has 0 atom stereocenters. The molecule has 0 aliphatic heterocycles. The van der Waals surface area contributed by atoms with Crippen LogP contribution in [0.15, 0.2) is 18.2 Å². The Morgan fingerprint density at radius 3 is 2.84 bits per heavy atom. The summed E-state index contributed by atoms with van der Waals surface area (Å²) < 4.78 is 43.3. The fourth-order valence-electron chi connectivity index (χ4n) is 1.60. The first-order valence-corrected chi connectivity index (χ1v) is 6.48. The molecule has 0 saturated carbocycles. The van der Waals surface area contributed by atoms with Gasteiger partial charge in [-0.25, -0.2) is 4.98 Å². The van der Waals surface area contributed by atoms with Gasteiger partial charge in [0.1, 0.15) is 5.01 Å². The third-order valence-electron chi connectivity index (χ3n) is 2.52. The molecule has 3 nitrogen and oxygen atoms in total. The van der Waals surface area contributed by atoms with Crippen LogP contribution < -0.4 is 5.32 Å². The zero-order valence-corrected chi connectivity index (χ0v) is 11.1. The van der Waals surface area contributed by atoms with Crippen molar-refractivity contribution in [3.8, 4) is 0 Å². The van der Waals surface area contributed by atoms with Gasteiger partial charge in [0.25, 0.3) is 0 Å². The number of methoxy groups -OCH3 is 1. The average Bonchev–Trinajstić information content (AvgIpc) is 2.75. The van der Waals surface area contributed by atoms with Gasteiger partial charge >= 0.3 is 6.18 Å². The van der Waals surface area contributed by atoms with E-state index in [9.17, 15) is 13.2 Å². The van der Waals surface area contributed by atoms with Gasteiger partial charge in [0.2, 0.25) is 0 Å². The number of benzene rings is 1. The third kappa shape index (κ3) is 3.65. The minimum atomic E-state index is -4.32. The number of nitrogens with zero attached hydrogens (tertiary/aromatic N) is 1. The molecule has 1 aromatic heterocycles. The molecule has 0 unspecified atom stereocenters. The van der Waals surface area contributed by atoms with Crippen LogP contribution in [-0.2, 0) is 17.5 Å². The Morgan fingerprint density at radius 1 is 1.37 bits per heavy atom. The van der Waals surface area contributed by atoms with Gasteiger partial charge in [-0.3, -0.25) is 0 Å². The lowest BCUT2D eigenvalue weighted by atomic mass is 10.2. The average molecular weight is 290 g/mol. The van der Waals surface area contributed by atoms with E-state index in [4.69, 9.17) is 4.74 Å². The molecule has 1 aromatic carbocycles. The van der Waals surface area contributed by atoms with Crippen LogP contribution in [0.2, 0.25) is 0 Å². The van der Waals surface area contributed by atoms with E-state index in [0.29, 0.717) is 25.2 Å². The van der Waals surface area contributed by atoms with Gasteiger partial charge in [-0.2, -0.15) is 13.2 Å². The van der Waals surface area contributed by atoms with Crippen LogP contribution in [-0.4, -0.2) is 25.2 Å². The SMILES string of the molecule is COCCNCc1nc2cc(C(F)(F)F)ccc2s1. The Morgan fingerprint density at radius 2 is 2.16 bits per heavy atom. The number of halogens is 3. The highest BCUT2D eigenvalue weighted by Crippen LogP contribution is 2.32. The number of aromatic nitrogens is 1. The molecule has 0 saturated heterocycles. The van der Waals surface area contributed by atoms with E-state index in [2.05, 4.69) is 10.3 Å². The second kappa shape index (κ2) is 5.85. The summed E-state index contributed by atoms with van der Waals surface area (Å²) in [7, 11) is 1.61. The van der Waals surface area contributed by atoms with Crippen molar-refractivity contribution in [2.45, 2.75) is 12.7 Å². The number of alkyl halides is 3. The molecule has 0 spiro atoms. The summed E-state index contributed by atoms with van der Waals surface area (Å²) in [5, 5.41) is 3.88. The zero-order chi connectivity index (χ0) is 13.9. The monoisotopic (exact) mass is 290 g/mol. The van der Waals surface area contributed by atoms with Gasteiger partial charge in [0.05, 0.1) is 22.4 Å². The maximum atomic E-state index is 12.6. The van der Waals surface area contributed by atoms with Crippen LogP contribution >= 0.6 is 11.3 Å². The first kappa shape index (κ1) is 14.2. The normalized spacial score (nSPS) is 12.2. The maximum Gasteiger partial charge on any atom is 0.416 e. The van der Waals surface area contributed by atoms with Crippen LogP contribution in [0.25, 0.3) is 10.2 Å². The van der Waals surface area contributed by atoms with Crippen molar-refractivity contribution >= 4 is 21.6 Å². The maximum absolute atomic E-state index is 12.6. The molecule has 0 bridgehead atoms. The minimum Gasteiger partial charge on any atom is -0.383 e. The van der Waals surface area contributed by atoms with E-state index in [-0.39, 0.29) is 0 Å². The van der Waals surface area contributed by atoms with Crippen LogP contribution in [0.5, 0.6) is 0 Å². The summed E-state index contributed by atoms with van der Waals surface area (Å²) in [5.41, 5.74) is -0.271. The number of hydrogen-bond acceptors (Lipinski definition) is 4. The molecule has 104 valence electrons. The molecule has 2 aromatic rings. The first-order chi connectivity index (χ1) is 9.00. The number of hydrogen-bond donors (Lipinski definition) is 1. The standard InChI is InChI=1S/C12H13F3N2OS/c1-18-5-4-16-7-11-17-9-6-8(12(13,14)15)2-3-10(9)19-11/h2-3,6,16H,4-5,7H2,1H3. The van der Waals surface area contributed by atoms with E-state index < -0.39 is 11.7 Å². The highest BCUT2D eigenvalue weighted by molar-refractivity contribution is 7.18. The van der Waals surface area contributed by atoms with Crippen LogP contribution in [0, 0.1) is 0 Å². The van der Waals surface area contributed by atoms with Crippen molar-refractivity contribution < 1.29 is 17.9 Å². The van der Waals surface area contributed by atoms with Gasteiger partial charge < -0.3 is 10.1 Å². The number of ether oxygens (including phenoxy) is 1. The van der Waals surface area contributed by atoms with Crippen LogP contribution in [0.1, 0.15) is 10.6 Å². The molecule has 0 radical (unpaired) electrons. The fraction of sp³-hybridized carbons (Fsp3) is 0.417. The van der Waals surface area contributed by atoms with E-state index in [1.54, 1.807) is 7.11 Å². The lowest BCUT2D eigenvalue weighted by molar-refractivity contribution is -0.137. The highest BCUT2D eigenvalue weighted by atomic mass is 32.1. The molecular weight excluding hydrogens is 277 g/mol. The molecule has 0 fully saturated rings. The largest absolute Gasteiger partial charge is 0.416 e. The summed E-state index contributed by atoms with van der Waals surface area (Å²) in [6, 6.07) is 3.64. The summed E-state index contributed by atoms with van der Waals surface area (Å²) in [6.07, 6.45) is -4.32. The summed E-state index contributed by atoms with van der Waals surface area (Å²) in [6.45, 7) is 1.80. The molecule has 0 aliphatic carbocycles. The van der Waals surface area contributed by atoms with Crippen LogP contribution in [0.4, 0.5) is 13.2 Å². The number of thiazole rings is 1. The minimum absolute atomic E-state index is 0.392. The van der Waals surface area contributed by atoms with Gasteiger partial charge in [-0.05, 0) is 18.2 Å². The zero-order valence-electron chi connectivity index (χ0n) is 10.3. The van der Waals surface area contributed by atoms with Crippen molar-refractivity contribution in [3.63, 3.8) is 0 Å². The molecule has 19 heavy (non-hydrogen) atoms. The predicted octanol–water partition coefficient (Wildman–Crippen LogP) is 3.05. The second-order valence-corrected chi connectivity index (χ2v) is 5.07. The van der Waals surface area contributed by atoms with Crippen molar-refractivity contribution in [3.05, 3.63) is 28.8 Å². The number of nitrogens with one attached hydrogen (secondary N) is 1. The predicted molar refractivity (Wildman–Crippen MR) is 68.2 cm³/mol. The Bertz CT molecular complexity index is 553. The van der Waals surface area contributed by atoms with Gasteiger partial charge in [-0.15, -0.1) is 11.3 Å². The van der Waals surface area contributed by atoms with Gasteiger partial charge in [0, 0.05) is 20.2 Å². The number of fused-ring (bicyclic) bond motifs is 1. The Labute approximate surface area is 112 Å². The molecule has 1 heterocycles. The summed E-state index contributed by atoms with van der Waals surface area (Å²) >= 11 is 1.39. The van der Waals surface area contributed by atoms with Crippen molar-refractivity contribution in [2.75, 3.05) is 20.3 Å². The molecule has 0 aliphatic rings. The van der Waals surface area contributed by atoms with Crippen LogP contribution in [0.3, 0.4) is 0 Å². The van der Waals surface area contributed by atoms with E-state index >= 15 is 0 Å². The highest BCUT2D eigenvalue weighted by Gasteiger charge is 2.30. The molecular formula is C12H13F3N2OS. The Balaban J connectivity index is 2.12. The smallest absolute Gasteiger partial charge is 0.383 e. The lowest BCUT2D eigenvalue weighted by Gasteiger charge is -2.04. The third-order valence-corrected chi connectivity index (χ3v) is 3.55. The molecule has 2 rings (SSSR count). The fourth-order valence-corrected chi connectivity index (χ4v) is 2.51. The molecule has 1 N–H and O–H groups in total. The number of rotatable bonds is 5. The molecule has 7 heteroatoms. The second-order valence-electron chi connectivity index (χ2n) is 3.96. The van der Waals surface area contributed by atoms with Crippen molar-refractivity contribution in [1.29, 1.82) is 0 Å². The van der Waals surface area contributed by atoms with Gasteiger partial charge in [-0.1, -0.05) is 0 Å². The topological polar surface area (TPSA) is 34.1 Å². The van der Waals surface area contributed by atoms with E-state index in [1.165, 1.54) is 17.4 Å². The van der Waals surface area contributed by atoms with E-state index in [0.717, 1.165) is 21.8 Å².